The molecule has 0 bridgehead atoms. The Bertz CT molecular complexity index is 1140. The molecule has 186 valence electrons. The number of para-hydroxylation sites is 2. The summed E-state index contributed by atoms with van der Waals surface area (Å²) >= 11 is 0. The molecule has 35 heavy (non-hydrogen) atoms. The smallest absolute Gasteiger partial charge is 0.254 e. The maximum atomic E-state index is 13.8. The van der Waals surface area contributed by atoms with Crippen molar-refractivity contribution in [2.75, 3.05) is 32.8 Å². The summed E-state index contributed by atoms with van der Waals surface area (Å²) in [6.07, 6.45) is 3.55. The molecule has 1 aromatic heterocycles. The van der Waals surface area contributed by atoms with Gasteiger partial charge in [0.15, 0.2) is 0 Å². The molecule has 1 saturated carbocycles. The number of nitrogens with zero attached hydrogens (tertiary/aromatic N) is 4. The molecular formula is C29H38N4O2. The number of rotatable bonds is 10. The average molecular weight is 475 g/mol. The van der Waals surface area contributed by atoms with Gasteiger partial charge in [0, 0.05) is 38.3 Å². The lowest BCUT2D eigenvalue weighted by atomic mass is 10.1. The van der Waals surface area contributed by atoms with Gasteiger partial charge in [-0.2, -0.15) is 0 Å². The van der Waals surface area contributed by atoms with Crippen LogP contribution < -0.4 is 0 Å². The molecule has 2 fully saturated rings. The molecule has 3 aromatic rings. The van der Waals surface area contributed by atoms with Gasteiger partial charge >= 0.3 is 0 Å². The van der Waals surface area contributed by atoms with Gasteiger partial charge in [0.05, 0.1) is 30.8 Å². The third-order valence-corrected chi connectivity index (χ3v) is 7.15. The zero-order valence-electron chi connectivity index (χ0n) is 21.2. The van der Waals surface area contributed by atoms with E-state index >= 15 is 0 Å². The topological polar surface area (TPSA) is 50.6 Å². The lowest BCUT2D eigenvalue weighted by Gasteiger charge is -2.27. The Balaban J connectivity index is 1.39. The molecule has 0 atom stereocenters. The summed E-state index contributed by atoms with van der Waals surface area (Å²) in [5, 5.41) is 0. The van der Waals surface area contributed by atoms with Crippen LogP contribution in [0.5, 0.6) is 0 Å². The number of hydrogen-bond donors (Lipinski definition) is 0. The van der Waals surface area contributed by atoms with E-state index in [9.17, 15) is 4.79 Å². The number of hydrogen-bond acceptors (Lipinski definition) is 4. The van der Waals surface area contributed by atoms with Gasteiger partial charge in [-0.3, -0.25) is 9.69 Å². The summed E-state index contributed by atoms with van der Waals surface area (Å²) in [4.78, 5) is 23.2. The first kappa shape index (κ1) is 24.0. The Morgan fingerprint density at radius 1 is 1.11 bits per heavy atom. The fourth-order valence-corrected chi connectivity index (χ4v) is 4.85. The first-order chi connectivity index (χ1) is 17.1. The van der Waals surface area contributed by atoms with Gasteiger partial charge in [-0.1, -0.05) is 38.1 Å². The minimum Gasteiger partial charge on any atom is -0.379 e. The Hall–Kier alpha value is -2.70. The summed E-state index contributed by atoms with van der Waals surface area (Å²) in [6, 6.07) is 16.5. The molecule has 0 unspecified atom stereocenters. The minimum atomic E-state index is 0.0968. The van der Waals surface area contributed by atoms with Crippen LogP contribution in [-0.4, -0.2) is 58.1 Å². The molecule has 2 heterocycles. The number of fused-ring (bicyclic) bond motifs is 1. The first-order valence-corrected chi connectivity index (χ1v) is 13.2. The van der Waals surface area contributed by atoms with Crippen LogP contribution in [0.4, 0.5) is 0 Å². The van der Waals surface area contributed by atoms with Crippen molar-refractivity contribution in [1.82, 2.24) is 19.4 Å². The fraction of sp³-hybridized carbons (Fsp3) is 0.517. The number of imidazole rings is 1. The number of carbonyl (C=O) groups excluding carboxylic acids is 1. The SMILES string of the molecule is CC(C)CCN(Cc1nc2ccccc2n1CC1CC1)C(=O)c1cccc(CN2CCOCC2)c1. The molecule has 6 heteroatoms. The van der Waals surface area contributed by atoms with Crippen molar-refractivity contribution < 1.29 is 9.53 Å². The third kappa shape index (κ3) is 6.11. The number of amides is 1. The van der Waals surface area contributed by atoms with Crippen LogP contribution in [0.15, 0.2) is 48.5 Å². The zero-order chi connectivity index (χ0) is 24.2. The lowest BCUT2D eigenvalue weighted by Crippen LogP contribution is -2.36. The average Bonchev–Trinajstić information content (AvgIpc) is 3.63. The van der Waals surface area contributed by atoms with E-state index in [0.29, 0.717) is 12.5 Å². The Morgan fingerprint density at radius 3 is 2.69 bits per heavy atom. The molecule has 0 spiro atoms. The highest BCUT2D eigenvalue weighted by atomic mass is 16.5. The summed E-state index contributed by atoms with van der Waals surface area (Å²) < 4.78 is 7.84. The van der Waals surface area contributed by atoms with Gasteiger partial charge in [0.2, 0.25) is 0 Å². The Labute approximate surface area is 208 Å². The molecule has 1 aliphatic carbocycles. The molecular weight excluding hydrogens is 436 g/mol. The van der Waals surface area contributed by atoms with Crippen LogP contribution in [0, 0.1) is 11.8 Å². The largest absolute Gasteiger partial charge is 0.379 e. The fourth-order valence-electron chi connectivity index (χ4n) is 4.85. The normalized spacial score (nSPS) is 16.8. The van der Waals surface area contributed by atoms with Crippen molar-refractivity contribution in [2.45, 2.75) is 52.7 Å². The van der Waals surface area contributed by atoms with Gasteiger partial charge in [-0.05, 0) is 60.9 Å². The molecule has 1 amide bonds. The molecule has 5 rings (SSSR count). The molecule has 0 radical (unpaired) electrons. The van der Waals surface area contributed by atoms with Crippen molar-refractivity contribution in [3.05, 3.63) is 65.5 Å². The van der Waals surface area contributed by atoms with Crippen LogP contribution in [-0.2, 0) is 24.4 Å². The first-order valence-electron chi connectivity index (χ1n) is 13.2. The van der Waals surface area contributed by atoms with E-state index in [4.69, 9.17) is 9.72 Å². The van der Waals surface area contributed by atoms with Crippen LogP contribution in [0.2, 0.25) is 0 Å². The molecule has 6 nitrogen and oxygen atoms in total. The van der Waals surface area contributed by atoms with E-state index in [-0.39, 0.29) is 5.91 Å². The van der Waals surface area contributed by atoms with E-state index in [1.807, 2.05) is 23.1 Å². The number of benzene rings is 2. The van der Waals surface area contributed by atoms with Crippen LogP contribution in [0.1, 0.15) is 54.9 Å². The van der Waals surface area contributed by atoms with Crippen molar-refractivity contribution in [2.24, 2.45) is 11.8 Å². The monoisotopic (exact) mass is 474 g/mol. The number of ether oxygens (including phenoxy) is 1. The van der Waals surface area contributed by atoms with Crippen LogP contribution in [0.3, 0.4) is 0 Å². The number of aromatic nitrogens is 2. The quantitative estimate of drug-likeness (QED) is 0.416. The summed E-state index contributed by atoms with van der Waals surface area (Å²) in [5.41, 5.74) is 4.15. The van der Waals surface area contributed by atoms with Crippen molar-refractivity contribution in [1.29, 1.82) is 0 Å². The number of morpholine rings is 1. The maximum Gasteiger partial charge on any atom is 0.254 e. The Morgan fingerprint density at radius 2 is 1.91 bits per heavy atom. The van der Waals surface area contributed by atoms with Crippen molar-refractivity contribution >= 4 is 16.9 Å². The summed E-state index contributed by atoms with van der Waals surface area (Å²) in [5.74, 6) is 2.37. The maximum absolute atomic E-state index is 13.8. The van der Waals surface area contributed by atoms with Crippen molar-refractivity contribution in [3.8, 4) is 0 Å². The second kappa shape index (κ2) is 10.9. The van der Waals surface area contributed by atoms with Gasteiger partial charge in [-0.15, -0.1) is 0 Å². The lowest BCUT2D eigenvalue weighted by molar-refractivity contribution is 0.0341. The second-order valence-corrected chi connectivity index (χ2v) is 10.6. The predicted molar refractivity (Wildman–Crippen MR) is 139 cm³/mol. The van der Waals surface area contributed by atoms with E-state index in [0.717, 1.165) is 75.2 Å². The predicted octanol–water partition coefficient (Wildman–Crippen LogP) is 4.97. The summed E-state index contributed by atoms with van der Waals surface area (Å²) in [6.45, 7) is 11.0. The minimum absolute atomic E-state index is 0.0968. The van der Waals surface area contributed by atoms with Gasteiger partial charge in [0.1, 0.15) is 5.82 Å². The molecule has 0 N–H and O–H groups in total. The zero-order valence-corrected chi connectivity index (χ0v) is 21.2. The molecule has 1 aliphatic heterocycles. The highest BCUT2D eigenvalue weighted by molar-refractivity contribution is 5.94. The highest BCUT2D eigenvalue weighted by Gasteiger charge is 2.26. The van der Waals surface area contributed by atoms with Gasteiger partial charge < -0.3 is 14.2 Å². The highest BCUT2D eigenvalue weighted by Crippen LogP contribution is 2.33. The van der Waals surface area contributed by atoms with Crippen LogP contribution in [0.25, 0.3) is 11.0 Å². The van der Waals surface area contributed by atoms with E-state index < -0.39 is 0 Å². The van der Waals surface area contributed by atoms with Crippen LogP contribution >= 0.6 is 0 Å². The molecule has 1 saturated heterocycles. The van der Waals surface area contributed by atoms with E-state index in [2.05, 4.69) is 53.6 Å². The number of carbonyl (C=O) groups is 1. The van der Waals surface area contributed by atoms with E-state index in [1.54, 1.807) is 0 Å². The summed E-state index contributed by atoms with van der Waals surface area (Å²) in [7, 11) is 0. The molecule has 2 aliphatic rings. The van der Waals surface area contributed by atoms with Gasteiger partial charge in [0.25, 0.3) is 5.91 Å². The molecule has 2 aromatic carbocycles. The van der Waals surface area contributed by atoms with Crippen molar-refractivity contribution in [3.63, 3.8) is 0 Å². The third-order valence-electron chi connectivity index (χ3n) is 7.15. The second-order valence-electron chi connectivity index (χ2n) is 10.6. The standard InChI is InChI=1S/C29H38N4O2/c1-22(2)12-13-32(21-28-30-26-8-3-4-9-27(26)33(28)20-23-10-11-23)29(34)25-7-5-6-24(18-25)19-31-14-16-35-17-15-31/h3-9,18,22-23H,10-17,19-21H2,1-2H3. The van der Waals surface area contributed by atoms with Gasteiger partial charge in [-0.25, -0.2) is 4.98 Å². The Kier molecular flexibility index (Phi) is 7.49. The van der Waals surface area contributed by atoms with E-state index in [1.165, 1.54) is 23.9 Å².